The fourth-order valence-corrected chi connectivity index (χ4v) is 3.15. The highest BCUT2D eigenvalue weighted by Crippen LogP contribution is 2.37. The minimum Gasteiger partial charge on any atom is -0.481 e. The third-order valence-electron chi connectivity index (χ3n) is 4.16. The lowest BCUT2D eigenvalue weighted by Crippen LogP contribution is -2.54. The number of para-hydroxylation sites is 1. The van der Waals surface area contributed by atoms with Gasteiger partial charge in [0.15, 0.2) is 0 Å². The van der Waals surface area contributed by atoms with Crippen molar-refractivity contribution in [3.63, 3.8) is 0 Å². The number of fused-ring (bicyclic) bond motifs is 1. The first-order valence-electron chi connectivity index (χ1n) is 7.00. The minimum atomic E-state index is -0.842. The van der Waals surface area contributed by atoms with Crippen LogP contribution in [0.25, 0.3) is 0 Å². The van der Waals surface area contributed by atoms with Gasteiger partial charge in [0.2, 0.25) is 11.8 Å². The largest absolute Gasteiger partial charge is 0.481 e. The molecule has 21 heavy (non-hydrogen) atoms. The van der Waals surface area contributed by atoms with Gasteiger partial charge in [0.1, 0.15) is 6.04 Å². The molecule has 110 valence electrons. The van der Waals surface area contributed by atoms with Gasteiger partial charge in [-0.15, -0.1) is 0 Å². The van der Waals surface area contributed by atoms with Gasteiger partial charge < -0.3 is 10.0 Å². The van der Waals surface area contributed by atoms with Gasteiger partial charge in [-0.25, -0.2) is 0 Å². The van der Waals surface area contributed by atoms with Crippen LogP contribution < -0.4 is 10.2 Å². The van der Waals surface area contributed by atoms with Crippen LogP contribution in [0.2, 0.25) is 0 Å². The molecule has 2 atom stereocenters. The number of benzene rings is 1. The number of imide groups is 1. The Morgan fingerprint density at radius 1 is 1.24 bits per heavy atom. The van der Waals surface area contributed by atoms with Crippen LogP contribution in [0.3, 0.4) is 0 Å². The monoisotopic (exact) mass is 288 g/mol. The van der Waals surface area contributed by atoms with Crippen molar-refractivity contribution < 1.29 is 19.5 Å². The van der Waals surface area contributed by atoms with E-state index in [1.807, 2.05) is 23.1 Å². The predicted octanol–water partition coefficient (Wildman–Crippen LogP) is 0.870. The third-order valence-corrected chi connectivity index (χ3v) is 4.16. The van der Waals surface area contributed by atoms with Crippen LogP contribution in [0.4, 0.5) is 5.69 Å². The van der Waals surface area contributed by atoms with Crippen LogP contribution in [0.5, 0.6) is 0 Å². The highest BCUT2D eigenvalue weighted by atomic mass is 16.4. The van der Waals surface area contributed by atoms with Gasteiger partial charge in [0.25, 0.3) is 0 Å². The number of carbonyl (C=O) groups excluding carboxylic acids is 2. The molecule has 6 nitrogen and oxygen atoms in total. The molecular formula is C15H16N2O4. The maximum Gasteiger partial charge on any atom is 0.311 e. The first kappa shape index (κ1) is 13.6. The molecule has 0 aliphatic carbocycles. The van der Waals surface area contributed by atoms with E-state index < -0.39 is 17.9 Å². The number of rotatable bonds is 2. The van der Waals surface area contributed by atoms with Crippen LogP contribution in [0.1, 0.15) is 30.7 Å². The molecule has 2 aliphatic rings. The number of carboxylic acid groups (broad SMARTS) is 1. The molecule has 1 aromatic rings. The fraction of sp³-hybridized carbons (Fsp3) is 0.400. The molecule has 3 rings (SSSR count). The van der Waals surface area contributed by atoms with Crippen molar-refractivity contribution in [2.24, 2.45) is 0 Å². The third kappa shape index (κ3) is 2.37. The smallest absolute Gasteiger partial charge is 0.311 e. The second kappa shape index (κ2) is 5.20. The van der Waals surface area contributed by atoms with Crippen molar-refractivity contribution in [3.05, 3.63) is 29.8 Å². The van der Waals surface area contributed by atoms with E-state index in [2.05, 4.69) is 5.32 Å². The Bertz CT molecular complexity index is 613. The quantitative estimate of drug-likeness (QED) is 0.789. The normalized spacial score (nSPS) is 25.2. The van der Waals surface area contributed by atoms with Crippen LogP contribution in [-0.2, 0) is 14.4 Å². The molecular weight excluding hydrogens is 272 g/mol. The van der Waals surface area contributed by atoms with E-state index in [9.17, 15) is 19.5 Å². The lowest BCUT2D eigenvalue weighted by Gasteiger charge is -2.40. The SMILES string of the molecule is O=C1CC[C@H](N2CCC(C(=O)O)c3ccccc32)C(=O)N1. The summed E-state index contributed by atoms with van der Waals surface area (Å²) in [6, 6.07) is 6.88. The highest BCUT2D eigenvalue weighted by Gasteiger charge is 2.37. The standard InChI is InChI=1S/C15H16N2O4/c18-13-6-5-12(14(19)16-13)17-8-7-10(15(20)21)9-3-1-2-4-11(9)17/h1-4,10,12H,5-8H2,(H,20,21)(H,16,18,19)/t10?,12-/m0/s1. The van der Waals surface area contributed by atoms with Gasteiger partial charge >= 0.3 is 5.97 Å². The first-order valence-corrected chi connectivity index (χ1v) is 7.00. The number of carbonyl (C=O) groups is 3. The molecule has 2 amide bonds. The van der Waals surface area contributed by atoms with Crippen molar-refractivity contribution in [1.29, 1.82) is 0 Å². The summed E-state index contributed by atoms with van der Waals surface area (Å²) in [7, 11) is 0. The van der Waals surface area contributed by atoms with Crippen LogP contribution in [-0.4, -0.2) is 35.5 Å². The van der Waals surface area contributed by atoms with E-state index in [0.717, 1.165) is 11.3 Å². The second-order valence-electron chi connectivity index (χ2n) is 5.40. The van der Waals surface area contributed by atoms with Crippen molar-refractivity contribution in [2.75, 3.05) is 11.4 Å². The van der Waals surface area contributed by atoms with Crippen LogP contribution in [0.15, 0.2) is 24.3 Å². The summed E-state index contributed by atoms with van der Waals surface area (Å²) in [5.74, 6) is -1.92. The van der Waals surface area contributed by atoms with E-state index in [-0.39, 0.29) is 11.8 Å². The Balaban J connectivity index is 1.94. The summed E-state index contributed by atoms with van der Waals surface area (Å²) in [4.78, 5) is 36.6. The number of nitrogens with zero attached hydrogens (tertiary/aromatic N) is 1. The number of nitrogens with one attached hydrogen (secondary N) is 1. The molecule has 0 spiro atoms. The first-order chi connectivity index (χ1) is 10.1. The molecule has 2 aliphatic heterocycles. The molecule has 2 N–H and O–H groups in total. The van der Waals surface area contributed by atoms with Gasteiger partial charge in [0.05, 0.1) is 5.92 Å². The predicted molar refractivity (Wildman–Crippen MR) is 75.0 cm³/mol. The topological polar surface area (TPSA) is 86.7 Å². The number of amides is 2. The Morgan fingerprint density at radius 2 is 2.00 bits per heavy atom. The Hall–Kier alpha value is -2.37. The summed E-state index contributed by atoms with van der Waals surface area (Å²) in [5, 5.41) is 11.7. The van der Waals surface area contributed by atoms with Gasteiger partial charge in [-0.05, 0) is 24.5 Å². The Kier molecular flexibility index (Phi) is 3.37. The summed E-state index contributed by atoms with van der Waals surface area (Å²) < 4.78 is 0. The van der Waals surface area contributed by atoms with Crippen LogP contribution in [0, 0.1) is 0 Å². The second-order valence-corrected chi connectivity index (χ2v) is 5.40. The number of aliphatic carboxylic acids is 1. The number of hydrogen-bond donors (Lipinski definition) is 2. The zero-order chi connectivity index (χ0) is 15.0. The number of carboxylic acids is 1. The number of anilines is 1. The molecule has 0 radical (unpaired) electrons. The molecule has 2 heterocycles. The number of hydrogen-bond acceptors (Lipinski definition) is 4. The van der Waals surface area contributed by atoms with E-state index >= 15 is 0 Å². The van der Waals surface area contributed by atoms with Gasteiger partial charge in [-0.3, -0.25) is 19.7 Å². The molecule has 1 aromatic carbocycles. The van der Waals surface area contributed by atoms with Crippen molar-refractivity contribution >= 4 is 23.5 Å². The van der Waals surface area contributed by atoms with Crippen molar-refractivity contribution in [1.82, 2.24) is 5.32 Å². The minimum absolute atomic E-state index is 0.245. The van der Waals surface area contributed by atoms with E-state index in [1.54, 1.807) is 6.07 Å². The summed E-state index contributed by atoms with van der Waals surface area (Å²) in [6.07, 6.45) is 1.25. The van der Waals surface area contributed by atoms with E-state index in [4.69, 9.17) is 0 Å². The van der Waals surface area contributed by atoms with Gasteiger partial charge in [0, 0.05) is 18.7 Å². The average Bonchev–Trinajstić information content (AvgIpc) is 2.46. The van der Waals surface area contributed by atoms with Gasteiger partial charge in [-0.1, -0.05) is 18.2 Å². The molecule has 6 heteroatoms. The van der Waals surface area contributed by atoms with Crippen molar-refractivity contribution in [2.45, 2.75) is 31.2 Å². The molecule has 0 saturated carbocycles. The lowest BCUT2D eigenvalue weighted by atomic mass is 9.88. The van der Waals surface area contributed by atoms with E-state index in [1.165, 1.54) is 0 Å². The molecule has 1 saturated heterocycles. The number of piperidine rings is 1. The summed E-state index contributed by atoms with van der Waals surface area (Å²) >= 11 is 0. The van der Waals surface area contributed by atoms with Crippen molar-refractivity contribution in [3.8, 4) is 0 Å². The molecule has 1 unspecified atom stereocenters. The molecule has 0 bridgehead atoms. The van der Waals surface area contributed by atoms with E-state index in [0.29, 0.717) is 25.8 Å². The Morgan fingerprint density at radius 3 is 2.71 bits per heavy atom. The highest BCUT2D eigenvalue weighted by molar-refractivity contribution is 6.02. The zero-order valence-electron chi connectivity index (χ0n) is 11.4. The van der Waals surface area contributed by atoms with Gasteiger partial charge in [-0.2, -0.15) is 0 Å². The zero-order valence-corrected chi connectivity index (χ0v) is 11.4. The maximum atomic E-state index is 12.0. The molecule has 0 aromatic heterocycles. The maximum absolute atomic E-state index is 12.0. The fourth-order valence-electron chi connectivity index (χ4n) is 3.15. The summed E-state index contributed by atoms with van der Waals surface area (Å²) in [6.45, 7) is 0.500. The average molecular weight is 288 g/mol. The van der Waals surface area contributed by atoms with Crippen LogP contribution >= 0.6 is 0 Å². The summed E-state index contributed by atoms with van der Waals surface area (Å²) in [5.41, 5.74) is 1.52. The molecule has 1 fully saturated rings. The Labute approximate surface area is 121 Å². The lowest BCUT2D eigenvalue weighted by molar-refractivity contribution is -0.139.